The summed E-state index contributed by atoms with van der Waals surface area (Å²) in [5.74, 6) is -6.30. The molecule has 0 spiro atoms. The van der Waals surface area contributed by atoms with Crippen LogP contribution in [0.2, 0.25) is 0 Å². The third kappa shape index (κ3) is 14.2. The minimum Gasteiger partial charge on any atom is -0.488 e. The number of ether oxygens (including phenoxy) is 2. The fraction of sp³-hybridized carbons (Fsp3) is 0.450. The van der Waals surface area contributed by atoms with Gasteiger partial charge in [-0.3, -0.25) is 19.2 Å². The van der Waals surface area contributed by atoms with Gasteiger partial charge in [-0.1, -0.05) is 13.8 Å². The maximum Gasteiger partial charge on any atom is 0.505 e. The number of carboxylic acids is 1. The summed E-state index contributed by atoms with van der Waals surface area (Å²) < 4.78 is 118. The highest BCUT2D eigenvalue weighted by atomic mass is 127. The Kier molecular flexibility index (Phi) is 16.5. The summed E-state index contributed by atoms with van der Waals surface area (Å²) in [6.07, 6.45) is -9.68. The number of nitrogen functional groups attached to an aromatic ring is 1. The highest BCUT2D eigenvalue weighted by molar-refractivity contribution is 14.0. The highest BCUT2D eigenvalue weighted by Crippen LogP contribution is 2.36. The molecule has 6 rings (SSSR count). The zero-order chi connectivity index (χ0) is 47.6. The second kappa shape index (κ2) is 20.0. The molecule has 0 bridgehead atoms. The van der Waals surface area contributed by atoms with Gasteiger partial charge in [0.15, 0.2) is 5.82 Å². The number of amides is 3. The van der Waals surface area contributed by atoms with Gasteiger partial charge in [0, 0.05) is 54.4 Å². The van der Waals surface area contributed by atoms with Crippen molar-refractivity contribution < 1.29 is 68.9 Å². The van der Waals surface area contributed by atoms with E-state index >= 15 is 0 Å². The number of aliphatic carboxylic acids is 1. The van der Waals surface area contributed by atoms with Crippen LogP contribution < -0.4 is 31.2 Å². The Balaban J connectivity index is 0.000000286. The number of halogens is 9. The fourth-order valence-corrected chi connectivity index (χ4v) is 6.19. The van der Waals surface area contributed by atoms with Gasteiger partial charge in [-0.05, 0) is 65.8 Å². The summed E-state index contributed by atoms with van der Waals surface area (Å²) in [6.45, 7) is 13.9. The number of rotatable bonds is 7. The first-order chi connectivity index (χ1) is 28.8. The maximum absolute atomic E-state index is 14.1. The lowest BCUT2D eigenvalue weighted by atomic mass is 9.97. The molecule has 2 aromatic carbocycles. The first kappa shape index (κ1) is 52.7. The van der Waals surface area contributed by atoms with Gasteiger partial charge in [-0.2, -0.15) is 9.36 Å². The number of anilines is 2. The normalized spacial score (nSPS) is 18.6. The van der Waals surface area contributed by atoms with Crippen LogP contribution in [0.1, 0.15) is 55.4 Å². The van der Waals surface area contributed by atoms with Gasteiger partial charge in [0.05, 0.1) is 29.1 Å². The van der Waals surface area contributed by atoms with E-state index in [1.54, 1.807) is 55.4 Å². The number of hydrogen-bond donors (Lipinski definition) is 5. The predicted octanol–water partition coefficient (Wildman–Crippen LogP) is 7.66. The zero-order valence-electron chi connectivity index (χ0n) is 35.5. The van der Waals surface area contributed by atoms with Gasteiger partial charge >= 0.3 is 18.6 Å². The minimum atomic E-state index is -4.92. The molecule has 0 radical (unpaired) electrons. The van der Waals surface area contributed by atoms with Gasteiger partial charge in [0.2, 0.25) is 17.7 Å². The Bertz CT molecular complexity index is 2340. The number of carbonyl (C=O) groups is 4. The molecule has 4 atom stereocenters. The van der Waals surface area contributed by atoms with Gasteiger partial charge in [0.25, 0.3) is 0 Å². The quantitative estimate of drug-likeness (QED) is 0.0903. The van der Waals surface area contributed by atoms with Gasteiger partial charge in [-0.15, -0.1) is 60.5 Å². The Hall–Kier alpha value is -5.69. The van der Waals surface area contributed by atoms with Crippen LogP contribution >= 0.6 is 24.0 Å². The lowest BCUT2D eigenvalue weighted by Gasteiger charge is -2.22. The van der Waals surface area contributed by atoms with E-state index in [9.17, 15) is 54.3 Å². The molecule has 6 N–H and O–H groups in total. The molecule has 4 heterocycles. The number of nitrogens with two attached hydrogens (primary N) is 1. The highest BCUT2D eigenvalue weighted by Gasteiger charge is 2.39. The average Bonchev–Trinajstić information content (AvgIpc) is 3.89. The molecule has 0 saturated carbocycles. The van der Waals surface area contributed by atoms with Crippen LogP contribution in [0.4, 0.5) is 46.8 Å². The number of carboxylic acid groups (broad SMARTS) is 1. The van der Waals surface area contributed by atoms with E-state index in [1.165, 1.54) is 12.1 Å². The number of nitrogens with zero attached hydrogens (tertiary/aromatic N) is 4. The summed E-state index contributed by atoms with van der Waals surface area (Å²) in [5.41, 5.74) is 3.03. The van der Waals surface area contributed by atoms with Crippen LogP contribution in [-0.2, 0) is 31.8 Å². The van der Waals surface area contributed by atoms with Crippen molar-refractivity contribution >= 4 is 59.3 Å². The lowest BCUT2D eigenvalue weighted by Crippen LogP contribution is -2.28. The monoisotopic (exact) mass is 1030 g/mol. The van der Waals surface area contributed by atoms with E-state index in [-0.39, 0.29) is 104 Å². The van der Waals surface area contributed by atoms with Crippen molar-refractivity contribution in [2.75, 3.05) is 24.1 Å². The number of benzene rings is 2. The molecule has 2 saturated heterocycles. The maximum atomic E-state index is 14.1. The summed E-state index contributed by atoms with van der Waals surface area (Å²) in [6, 6.07) is 8.66. The molecule has 64 heavy (non-hydrogen) atoms. The van der Waals surface area contributed by atoms with Crippen LogP contribution in [0.15, 0.2) is 48.5 Å². The molecule has 1 unspecified atom stereocenters. The molecule has 24 heteroatoms. The molecular formula is C40H47F8IN8O7. The molecular weight excluding hydrogens is 983 g/mol. The second-order valence-electron chi connectivity index (χ2n) is 16.5. The summed E-state index contributed by atoms with van der Waals surface area (Å²) in [5, 5.41) is 22.5. The largest absolute Gasteiger partial charge is 0.505 e. The molecule has 3 amide bonds. The molecule has 2 fully saturated rings. The molecule has 352 valence electrons. The molecule has 2 aromatic heterocycles. The third-order valence-corrected chi connectivity index (χ3v) is 9.03. The SMILES string of the molecule is CC(C)(C)Oc1cc(F)cc(-c2cc(N)nn2C(F)(F)F)c1.CC1C(=O)NC[C@@H]1C(=O)O.C[C@H]1C(=O)NC[C@@H]1C(=O)Nc1cc(-c2cc(F)cc(OC(C)(C)C)c2)n(C(F)(F)F)n1.I. The van der Waals surface area contributed by atoms with Crippen LogP contribution in [0, 0.1) is 35.3 Å². The van der Waals surface area contributed by atoms with E-state index in [4.69, 9.17) is 20.3 Å². The summed E-state index contributed by atoms with van der Waals surface area (Å²) in [4.78, 5) is 45.1. The van der Waals surface area contributed by atoms with Gasteiger partial charge < -0.3 is 36.3 Å². The first-order valence-electron chi connectivity index (χ1n) is 19.0. The van der Waals surface area contributed by atoms with Crippen molar-refractivity contribution in [3.05, 3.63) is 60.2 Å². The minimum absolute atomic E-state index is 0. The summed E-state index contributed by atoms with van der Waals surface area (Å²) in [7, 11) is 0. The fourth-order valence-electron chi connectivity index (χ4n) is 6.19. The summed E-state index contributed by atoms with van der Waals surface area (Å²) >= 11 is 0. The third-order valence-electron chi connectivity index (χ3n) is 9.03. The van der Waals surface area contributed by atoms with Crippen LogP contribution in [-0.4, -0.2) is 72.6 Å². The molecule has 0 aliphatic carbocycles. The van der Waals surface area contributed by atoms with Crippen molar-refractivity contribution in [1.82, 2.24) is 30.2 Å². The Morgan fingerprint density at radius 1 is 0.703 bits per heavy atom. The Labute approximate surface area is 378 Å². The van der Waals surface area contributed by atoms with Gasteiger partial charge in [0.1, 0.15) is 40.2 Å². The standard InChI is InChI=1S/C20H22F4N4O3.C14H15F4N3O.C6H9NO3.HI/c1-10-14(9-25-17(10)29)18(30)26-16-8-15(28(27-16)20(22,23)24)11-5-12(21)7-13(6-11)31-19(2,3)4;1-13(2,3)22-10-5-8(4-9(15)6-10)11-7-12(19)20-21(11)14(16,17)18;1-3-4(6(9)10)2-7-5(3)8;/h5-8,10,14H,9H2,1-4H3,(H,25,29)(H,26,27,30);4-7H,1-3H3,(H2,19,20);3-4H,2H2,1H3,(H,7,8)(H,9,10);1H/t10-,14+;;3?,4-;/m1.0./s1. The first-order valence-corrected chi connectivity index (χ1v) is 19.0. The smallest absolute Gasteiger partial charge is 0.488 e. The van der Waals surface area contributed by atoms with Crippen LogP contribution in [0.25, 0.3) is 22.5 Å². The lowest BCUT2D eigenvalue weighted by molar-refractivity contribution is -0.211. The number of alkyl halides is 6. The molecule has 2 aliphatic heterocycles. The number of hydrogen-bond acceptors (Lipinski definition) is 9. The van der Waals surface area contributed by atoms with Crippen LogP contribution in [0.5, 0.6) is 11.5 Å². The van der Waals surface area contributed by atoms with Crippen LogP contribution in [0.3, 0.4) is 0 Å². The van der Waals surface area contributed by atoms with E-state index in [0.717, 1.165) is 36.4 Å². The van der Waals surface area contributed by atoms with Gasteiger partial charge in [-0.25, -0.2) is 8.78 Å². The predicted molar refractivity (Wildman–Crippen MR) is 226 cm³/mol. The number of nitrogens with one attached hydrogen (secondary N) is 3. The van der Waals surface area contributed by atoms with E-state index in [2.05, 4.69) is 26.1 Å². The van der Waals surface area contributed by atoms with E-state index in [0.29, 0.717) is 0 Å². The second-order valence-corrected chi connectivity index (χ2v) is 16.5. The van der Waals surface area contributed by atoms with Crippen molar-refractivity contribution in [1.29, 1.82) is 0 Å². The van der Waals surface area contributed by atoms with Crippen molar-refractivity contribution in [3.63, 3.8) is 0 Å². The molecule has 4 aromatic rings. The zero-order valence-corrected chi connectivity index (χ0v) is 37.9. The Morgan fingerprint density at radius 2 is 1.11 bits per heavy atom. The number of carbonyl (C=O) groups excluding carboxylic acids is 3. The van der Waals surface area contributed by atoms with E-state index in [1.807, 2.05) is 0 Å². The van der Waals surface area contributed by atoms with E-state index < -0.39 is 70.8 Å². The number of aromatic nitrogens is 4. The Morgan fingerprint density at radius 3 is 1.47 bits per heavy atom. The average molecular weight is 1030 g/mol. The molecule has 15 nitrogen and oxygen atoms in total. The van der Waals surface area contributed by atoms with Crippen molar-refractivity contribution in [2.24, 2.45) is 23.7 Å². The van der Waals surface area contributed by atoms with Crippen molar-refractivity contribution in [2.45, 2.75) is 79.2 Å². The van der Waals surface area contributed by atoms with Crippen molar-refractivity contribution in [3.8, 4) is 34.0 Å². The molecule has 2 aliphatic rings. The topological polar surface area (TPSA) is 205 Å².